The molecule has 5 nitrogen and oxygen atoms in total. The lowest BCUT2D eigenvalue weighted by Crippen LogP contribution is -2.20. The molecule has 5 rings (SSSR count). The van der Waals surface area contributed by atoms with Gasteiger partial charge in [0.2, 0.25) is 0 Å². The first kappa shape index (κ1) is 26.9. The van der Waals surface area contributed by atoms with Crippen molar-refractivity contribution in [3.05, 3.63) is 94.8 Å². The van der Waals surface area contributed by atoms with E-state index in [-0.39, 0.29) is 15.8 Å². The number of alkyl halides is 6. The smallest absolute Gasteiger partial charge is 0.317 e. The summed E-state index contributed by atoms with van der Waals surface area (Å²) in [5.41, 5.74) is -7.89. The fourth-order valence-electron chi connectivity index (χ4n) is 4.08. The maximum atomic E-state index is 14.3. The van der Waals surface area contributed by atoms with Crippen LogP contribution < -0.4 is 5.32 Å². The molecule has 0 bridgehead atoms. The van der Waals surface area contributed by atoms with Gasteiger partial charge in [0.25, 0.3) is 5.91 Å². The topological polar surface area (TPSA) is 59.3 Å². The third-order valence-corrected chi connectivity index (χ3v) is 5.86. The van der Waals surface area contributed by atoms with E-state index >= 15 is 0 Å². The molecule has 206 valence electrons. The van der Waals surface area contributed by atoms with E-state index in [9.17, 15) is 48.7 Å². The number of hydrogen-bond acceptors (Lipinski definition) is 3. The number of amides is 1. The van der Waals surface area contributed by atoms with Gasteiger partial charge in [0.05, 0.1) is 11.9 Å². The van der Waals surface area contributed by atoms with Crippen LogP contribution in [-0.2, 0) is 12.4 Å². The number of carbonyl (C=O) groups excluding carboxylic acids is 1. The van der Waals surface area contributed by atoms with Crippen molar-refractivity contribution in [1.82, 2.24) is 14.6 Å². The molecule has 0 aliphatic heterocycles. The fourth-order valence-corrected chi connectivity index (χ4v) is 4.08. The molecule has 0 saturated carbocycles. The van der Waals surface area contributed by atoms with E-state index in [1.165, 1.54) is 11.4 Å². The molecule has 1 amide bonds. The van der Waals surface area contributed by atoms with Gasteiger partial charge in [-0.3, -0.25) is 4.79 Å². The molecule has 3 aromatic carbocycles. The van der Waals surface area contributed by atoms with Crippen molar-refractivity contribution in [2.75, 3.05) is 5.32 Å². The quantitative estimate of drug-likeness (QED) is 0.181. The monoisotopic (exact) mass is 572 g/mol. The Morgan fingerprint density at radius 3 is 2.05 bits per heavy atom. The summed E-state index contributed by atoms with van der Waals surface area (Å²) in [4.78, 5) is 16.9. The summed E-state index contributed by atoms with van der Waals surface area (Å²) in [6.45, 7) is 0. The van der Waals surface area contributed by atoms with E-state index < -0.39 is 69.7 Å². The van der Waals surface area contributed by atoms with Gasteiger partial charge in [-0.05, 0) is 16.8 Å². The van der Waals surface area contributed by atoms with Crippen LogP contribution in [0.15, 0.2) is 54.7 Å². The SMILES string of the molecule is O=C(Nc1c(F)c(F)c(C(F)(F)F)c(F)c1F)c1cnn2c(C(F)(F)F)cc(-c3cccc4ccccc34)nc12. The molecular formula is C25H10F10N4O. The van der Waals surface area contributed by atoms with Crippen molar-refractivity contribution in [3.63, 3.8) is 0 Å². The van der Waals surface area contributed by atoms with E-state index in [1.807, 2.05) is 0 Å². The summed E-state index contributed by atoms with van der Waals surface area (Å²) in [5.74, 6) is -12.5. The Balaban J connectivity index is 1.68. The van der Waals surface area contributed by atoms with Gasteiger partial charge < -0.3 is 5.32 Å². The Bertz CT molecular complexity index is 1790. The third-order valence-electron chi connectivity index (χ3n) is 5.86. The molecule has 0 aliphatic carbocycles. The highest BCUT2D eigenvalue weighted by atomic mass is 19.4. The molecule has 0 fully saturated rings. The number of hydrogen-bond donors (Lipinski definition) is 1. The predicted molar refractivity (Wildman–Crippen MR) is 120 cm³/mol. The second-order valence-corrected chi connectivity index (χ2v) is 8.30. The average molecular weight is 572 g/mol. The van der Waals surface area contributed by atoms with Gasteiger partial charge in [0.1, 0.15) is 16.8 Å². The second kappa shape index (κ2) is 9.20. The number of nitrogens with zero attached hydrogens (tertiary/aromatic N) is 3. The highest BCUT2D eigenvalue weighted by Gasteiger charge is 2.43. The van der Waals surface area contributed by atoms with E-state index in [1.54, 1.807) is 36.4 Å². The van der Waals surface area contributed by atoms with E-state index in [4.69, 9.17) is 0 Å². The minimum atomic E-state index is -5.82. The normalized spacial score (nSPS) is 12.3. The number of nitrogens with one attached hydrogen (secondary N) is 1. The maximum absolute atomic E-state index is 14.3. The first-order valence-corrected chi connectivity index (χ1v) is 10.9. The minimum Gasteiger partial charge on any atom is -0.317 e. The summed E-state index contributed by atoms with van der Waals surface area (Å²) in [7, 11) is 0. The van der Waals surface area contributed by atoms with Crippen LogP contribution in [0.4, 0.5) is 49.6 Å². The van der Waals surface area contributed by atoms with Crippen LogP contribution >= 0.6 is 0 Å². The molecule has 1 N–H and O–H groups in total. The Morgan fingerprint density at radius 1 is 0.800 bits per heavy atom. The lowest BCUT2D eigenvalue weighted by molar-refractivity contribution is -0.143. The number of anilines is 1. The van der Waals surface area contributed by atoms with Crippen LogP contribution in [0.1, 0.15) is 21.6 Å². The summed E-state index contributed by atoms with van der Waals surface area (Å²) < 4.78 is 137. The van der Waals surface area contributed by atoms with Crippen molar-refractivity contribution in [2.24, 2.45) is 0 Å². The molecule has 40 heavy (non-hydrogen) atoms. The van der Waals surface area contributed by atoms with Crippen LogP contribution in [0.5, 0.6) is 0 Å². The Kier molecular flexibility index (Phi) is 6.19. The summed E-state index contributed by atoms with van der Waals surface area (Å²) in [6, 6.07) is 11.9. The van der Waals surface area contributed by atoms with E-state index in [0.29, 0.717) is 23.0 Å². The maximum Gasteiger partial charge on any atom is 0.433 e. The van der Waals surface area contributed by atoms with Gasteiger partial charge in [-0.25, -0.2) is 27.1 Å². The average Bonchev–Trinajstić information content (AvgIpc) is 3.32. The Morgan fingerprint density at radius 2 is 1.43 bits per heavy atom. The standard InChI is InChI=1S/C25H10F10N4O/c26-17-16(25(33,34)35)18(27)20(29)21(19(17)28)38-23(40)13-9-36-39-15(24(30,31)32)8-14(37-22(13)39)12-7-3-5-10-4-1-2-6-11(10)12/h1-9H,(H,38,40). The molecular weight excluding hydrogens is 562 g/mol. The van der Waals surface area contributed by atoms with Crippen molar-refractivity contribution >= 4 is 28.0 Å². The highest BCUT2D eigenvalue weighted by Crippen LogP contribution is 2.39. The number of fused-ring (bicyclic) bond motifs is 2. The highest BCUT2D eigenvalue weighted by molar-refractivity contribution is 6.08. The van der Waals surface area contributed by atoms with Crippen LogP contribution in [0.25, 0.3) is 27.7 Å². The number of carbonyl (C=O) groups is 1. The molecule has 0 radical (unpaired) electrons. The lowest BCUT2D eigenvalue weighted by atomic mass is 10.0. The van der Waals surface area contributed by atoms with Gasteiger partial charge >= 0.3 is 12.4 Å². The van der Waals surface area contributed by atoms with Crippen molar-refractivity contribution < 1.29 is 48.7 Å². The molecule has 0 aliphatic rings. The summed E-state index contributed by atoms with van der Waals surface area (Å²) in [6.07, 6.45) is -10.3. The van der Waals surface area contributed by atoms with Crippen molar-refractivity contribution in [2.45, 2.75) is 12.4 Å². The Hall–Kier alpha value is -4.69. The molecule has 15 heteroatoms. The predicted octanol–water partition coefficient (Wildman–Crippen LogP) is 7.40. The van der Waals surface area contributed by atoms with Gasteiger partial charge in [-0.15, -0.1) is 0 Å². The van der Waals surface area contributed by atoms with Crippen molar-refractivity contribution in [3.8, 4) is 11.3 Å². The van der Waals surface area contributed by atoms with Gasteiger partial charge in [0.15, 0.2) is 34.6 Å². The van der Waals surface area contributed by atoms with Crippen LogP contribution in [0.3, 0.4) is 0 Å². The zero-order valence-electron chi connectivity index (χ0n) is 19.2. The van der Waals surface area contributed by atoms with E-state index in [2.05, 4.69) is 10.1 Å². The largest absolute Gasteiger partial charge is 0.433 e. The molecule has 0 spiro atoms. The second-order valence-electron chi connectivity index (χ2n) is 8.30. The van der Waals surface area contributed by atoms with Gasteiger partial charge in [0, 0.05) is 5.56 Å². The van der Waals surface area contributed by atoms with Crippen molar-refractivity contribution in [1.29, 1.82) is 0 Å². The van der Waals surface area contributed by atoms with E-state index in [0.717, 1.165) is 0 Å². The first-order valence-electron chi connectivity index (χ1n) is 10.9. The zero-order chi connectivity index (χ0) is 29.1. The van der Waals surface area contributed by atoms with Crippen LogP contribution in [0, 0.1) is 23.3 Å². The fraction of sp³-hybridized carbons (Fsp3) is 0.0800. The number of aromatic nitrogens is 3. The summed E-state index contributed by atoms with van der Waals surface area (Å²) in [5, 5.41) is 5.95. The minimum absolute atomic E-state index is 0.211. The molecule has 5 aromatic rings. The van der Waals surface area contributed by atoms with Crippen LogP contribution in [0.2, 0.25) is 0 Å². The number of rotatable bonds is 3. The number of halogens is 10. The zero-order valence-corrected chi connectivity index (χ0v) is 19.2. The Labute approximate surface area is 215 Å². The molecule has 2 aromatic heterocycles. The molecule has 2 heterocycles. The molecule has 0 saturated heterocycles. The van der Waals surface area contributed by atoms with Gasteiger partial charge in [-0.1, -0.05) is 42.5 Å². The van der Waals surface area contributed by atoms with Gasteiger partial charge in [-0.2, -0.15) is 31.4 Å². The first-order chi connectivity index (χ1) is 18.7. The van der Waals surface area contributed by atoms with Crippen LogP contribution in [-0.4, -0.2) is 20.5 Å². The number of benzene rings is 3. The molecule has 0 atom stereocenters. The third kappa shape index (κ3) is 4.36. The summed E-state index contributed by atoms with van der Waals surface area (Å²) >= 11 is 0. The molecule has 0 unspecified atom stereocenters. The lowest BCUT2D eigenvalue weighted by Gasteiger charge is -2.15.